The van der Waals surface area contributed by atoms with Gasteiger partial charge in [0, 0.05) is 10.4 Å². The van der Waals surface area contributed by atoms with Gasteiger partial charge < -0.3 is 10.1 Å². The largest absolute Gasteiger partial charge is 0.465 e. The standard InChI is InChI=1S/C20H18BrNO2/c1-24-20(23)17-7-3-6-16-14-4-2-5-15(14)18(22-19(16)17)12-8-10-13(21)11-9-12/h2-4,6-11,14-15,18,22H,5H2,1H3/t14-,15+,18+/m1/s1. The molecule has 3 nitrogen and oxygen atoms in total. The van der Waals surface area contributed by atoms with Crippen LogP contribution in [0.3, 0.4) is 0 Å². The van der Waals surface area contributed by atoms with Crippen LogP contribution in [0, 0.1) is 5.92 Å². The van der Waals surface area contributed by atoms with E-state index < -0.39 is 0 Å². The zero-order chi connectivity index (χ0) is 16.7. The number of benzene rings is 2. The number of hydrogen-bond donors (Lipinski definition) is 1. The molecule has 0 unspecified atom stereocenters. The third kappa shape index (κ3) is 2.46. The fraction of sp³-hybridized carbons (Fsp3) is 0.250. The molecule has 0 saturated carbocycles. The molecule has 2 aliphatic rings. The molecule has 122 valence electrons. The van der Waals surface area contributed by atoms with E-state index in [1.54, 1.807) is 0 Å². The van der Waals surface area contributed by atoms with Crippen molar-refractivity contribution in [2.75, 3.05) is 12.4 Å². The maximum atomic E-state index is 12.2. The zero-order valence-electron chi connectivity index (χ0n) is 13.3. The lowest BCUT2D eigenvalue weighted by Crippen LogP contribution is -2.30. The van der Waals surface area contributed by atoms with Crippen molar-refractivity contribution >= 4 is 27.6 Å². The SMILES string of the molecule is COC(=O)c1cccc2c1N[C@@H](c1ccc(Br)cc1)[C@H]1CC=C[C@@H]21. The summed E-state index contributed by atoms with van der Waals surface area (Å²) in [5.74, 6) is 0.500. The van der Waals surface area contributed by atoms with E-state index in [1.165, 1.54) is 18.2 Å². The van der Waals surface area contributed by atoms with Gasteiger partial charge in [-0.1, -0.05) is 52.3 Å². The number of para-hydroxylation sites is 1. The minimum atomic E-state index is -0.297. The first-order valence-electron chi connectivity index (χ1n) is 8.09. The highest BCUT2D eigenvalue weighted by Crippen LogP contribution is 2.50. The van der Waals surface area contributed by atoms with Gasteiger partial charge in [0.05, 0.1) is 24.4 Å². The Labute approximate surface area is 149 Å². The predicted molar refractivity (Wildman–Crippen MR) is 98.3 cm³/mol. The Morgan fingerprint density at radius 2 is 2.00 bits per heavy atom. The van der Waals surface area contributed by atoms with Crippen molar-refractivity contribution in [3.8, 4) is 0 Å². The van der Waals surface area contributed by atoms with E-state index in [2.05, 4.69) is 63.7 Å². The minimum Gasteiger partial charge on any atom is -0.465 e. The first kappa shape index (κ1) is 15.5. The van der Waals surface area contributed by atoms with Crippen LogP contribution in [-0.2, 0) is 4.74 Å². The number of allylic oxidation sites excluding steroid dienone is 2. The van der Waals surface area contributed by atoms with Crippen LogP contribution in [0.4, 0.5) is 5.69 Å². The number of methoxy groups -OCH3 is 1. The van der Waals surface area contributed by atoms with Crippen LogP contribution >= 0.6 is 15.9 Å². The maximum absolute atomic E-state index is 12.2. The summed E-state index contributed by atoms with van der Waals surface area (Å²) in [7, 11) is 1.43. The summed E-state index contributed by atoms with van der Waals surface area (Å²) in [5.41, 5.74) is 3.94. The monoisotopic (exact) mass is 383 g/mol. The topological polar surface area (TPSA) is 38.3 Å². The van der Waals surface area contributed by atoms with E-state index in [9.17, 15) is 4.79 Å². The summed E-state index contributed by atoms with van der Waals surface area (Å²) in [6, 6.07) is 14.5. The summed E-state index contributed by atoms with van der Waals surface area (Å²) < 4.78 is 6.04. The lowest BCUT2D eigenvalue weighted by atomic mass is 9.76. The average Bonchev–Trinajstić information content (AvgIpc) is 3.10. The molecule has 1 aliphatic heterocycles. The third-order valence-electron chi connectivity index (χ3n) is 5.03. The smallest absolute Gasteiger partial charge is 0.339 e. The van der Waals surface area contributed by atoms with E-state index >= 15 is 0 Å². The molecule has 4 heteroatoms. The number of rotatable bonds is 2. The fourth-order valence-electron chi connectivity index (χ4n) is 3.90. The third-order valence-corrected chi connectivity index (χ3v) is 5.56. The number of carbonyl (C=O) groups is 1. The predicted octanol–water partition coefficient (Wildman–Crippen LogP) is 5.06. The second kappa shape index (κ2) is 6.10. The fourth-order valence-corrected chi connectivity index (χ4v) is 4.17. The Kier molecular flexibility index (Phi) is 3.93. The number of esters is 1. The Morgan fingerprint density at radius 3 is 2.75 bits per heavy atom. The average molecular weight is 384 g/mol. The number of nitrogens with one attached hydrogen (secondary N) is 1. The molecule has 2 aromatic rings. The van der Waals surface area contributed by atoms with Crippen LogP contribution in [0.15, 0.2) is 59.1 Å². The summed E-state index contributed by atoms with van der Waals surface area (Å²) in [4.78, 5) is 12.2. The van der Waals surface area contributed by atoms with Crippen molar-refractivity contribution in [1.82, 2.24) is 0 Å². The van der Waals surface area contributed by atoms with Gasteiger partial charge >= 0.3 is 5.97 Å². The Bertz CT molecular complexity index is 813. The van der Waals surface area contributed by atoms with E-state index in [0.29, 0.717) is 17.4 Å². The molecule has 0 saturated heterocycles. The molecule has 0 bridgehead atoms. The van der Waals surface area contributed by atoms with Crippen LogP contribution in [0.2, 0.25) is 0 Å². The van der Waals surface area contributed by atoms with Crippen molar-refractivity contribution in [1.29, 1.82) is 0 Å². The quantitative estimate of drug-likeness (QED) is 0.581. The van der Waals surface area contributed by atoms with E-state index in [1.807, 2.05) is 12.1 Å². The van der Waals surface area contributed by atoms with Gasteiger partial charge in [-0.15, -0.1) is 0 Å². The molecule has 0 spiro atoms. The van der Waals surface area contributed by atoms with Gasteiger partial charge in [0.15, 0.2) is 0 Å². The van der Waals surface area contributed by atoms with Gasteiger partial charge in [-0.05, 0) is 41.7 Å². The highest BCUT2D eigenvalue weighted by Gasteiger charge is 2.39. The van der Waals surface area contributed by atoms with Crippen LogP contribution < -0.4 is 5.32 Å². The Balaban J connectivity index is 1.82. The molecule has 0 radical (unpaired) electrons. The first-order chi connectivity index (χ1) is 11.7. The highest BCUT2D eigenvalue weighted by atomic mass is 79.9. The van der Waals surface area contributed by atoms with E-state index in [-0.39, 0.29) is 12.0 Å². The lowest BCUT2D eigenvalue weighted by molar-refractivity contribution is 0.0601. The summed E-state index contributed by atoms with van der Waals surface area (Å²) >= 11 is 3.50. The maximum Gasteiger partial charge on any atom is 0.339 e. The summed E-state index contributed by atoms with van der Waals surface area (Å²) in [6.07, 6.45) is 5.57. The van der Waals surface area contributed by atoms with Crippen LogP contribution in [-0.4, -0.2) is 13.1 Å². The van der Waals surface area contributed by atoms with Gasteiger partial charge in [0.1, 0.15) is 0 Å². The van der Waals surface area contributed by atoms with Gasteiger partial charge in [-0.2, -0.15) is 0 Å². The molecule has 1 heterocycles. The van der Waals surface area contributed by atoms with E-state index in [4.69, 9.17) is 4.74 Å². The molecule has 1 N–H and O–H groups in total. The zero-order valence-corrected chi connectivity index (χ0v) is 14.9. The lowest BCUT2D eigenvalue weighted by Gasteiger charge is -2.38. The van der Waals surface area contributed by atoms with E-state index in [0.717, 1.165) is 16.6 Å². The number of carbonyl (C=O) groups excluding carboxylic acids is 1. The van der Waals surface area contributed by atoms with Crippen LogP contribution in [0.25, 0.3) is 0 Å². The molecular weight excluding hydrogens is 366 g/mol. The number of anilines is 1. The van der Waals surface area contributed by atoms with Crippen molar-refractivity contribution in [2.24, 2.45) is 5.92 Å². The molecule has 0 aromatic heterocycles. The first-order valence-corrected chi connectivity index (χ1v) is 8.88. The molecule has 0 amide bonds. The molecule has 24 heavy (non-hydrogen) atoms. The van der Waals surface area contributed by atoms with Crippen LogP contribution in [0.5, 0.6) is 0 Å². The van der Waals surface area contributed by atoms with Gasteiger partial charge in [-0.3, -0.25) is 0 Å². The molecule has 4 rings (SSSR count). The van der Waals surface area contributed by atoms with Crippen molar-refractivity contribution in [3.05, 3.63) is 75.8 Å². The van der Waals surface area contributed by atoms with Crippen LogP contribution in [0.1, 0.15) is 39.9 Å². The minimum absolute atomic E-state index is 0.177. The van der Waals surface area contributed by atoms with Crippen molar-refractivity contribution < 1.29 is 9.53 Å². The number of fused-ring (bicyclic) bond motifs is 3. The number of ether oxygens (including phenoxy) is 1. The molecular formula is C20H18BrNO2. The number of hydrogen-bond acceptors (Lipinski definition) is 3. The molecule has 0 fully saturated rings. The Morgan fingerprint density at radius 1 is 1.21 bits per heavy atom. The highest BCUT2D eigenvalue weighted by molar-refractivity contribution is 9.10. The number of halogens is 1. The molecule has 3 atom stereocenters. The van der Waals surface area contributed by atoms with Gasteiger partial charge in [-0.25, -0.2) is 4.79 Å². The summed E-state index contributed by atoms with van der Waals surface area (Å²) in [5, 5.41) is 3.63. The summed E-state index contributed by atoms with van der Waals surface area (Å²) in [6.45, 7) is 0. The van der Waals surface area contributed by atoms with Gasteiger partial charge in [0.2, 0.25) is 0 Å². The van der Waals surface area contributed by atoms with Gasteiger partial charge in [0.25, 0.3) is 0 Å². The molecule has 1 aliphatic carbocycles. The molecule has 2 aromatic carbocycles. The van der Waals surface area contributed by atoms with Crippen molar-refractivity contribution in [2.45, 2.75) is 18.4 Å². The normalized spacial score (nSPS) is 24.0. The van der Waals surface area contributed by atoms with Crippen molar-refractivity contribution in [3.63, 3.8) is 0 Å². The second-order valence-electron chi connectivity index (χ2n) is 6.29. The second-order valence-corrected chi connectivity index (χ2v) is 7.20. The Hall–Kier alpha value is -2.07.